The number of hydrogen-bond acceptors (Lipinski definition) is 3. The molecule has 0 saturated carbocycles. The molecule has 0 fully saturated rings. The Kier molecular flexibility index (Phi) is 7.37. The summed E-state index contributed by atoms with van der Waals surface area (Å²) in [5.74, 6) is -1.52. The fraction of sp³-hybridized carbons (Fsp3) is 0.208. The lowest BCUT2D eigenvalue weighted by Gasteiger charge is -2.23. The molecule has 0 aromatic heterocycles. The molecule has 0 heterocycles. The van der Waals surface area contributed by atoms with Crippen molar-refractivity contribution in [2.24, 2.45) is 0 Å². The zero-order valence-electron chi connectivity index (χ0n) is 17.8. The van der Waals surface area contributed by atoms with Crippen LogP contribution in [0.25, 0.3) is 0 Å². The van der Waals surface area contributed by atoms with Gasteiger partial charge in [-0.15, -0.1) is 0 Å². The van der Waals surface area contributed by atoms with Gasteiger partial charge in [-0.2, -0.15) is 4.31 Å². The van der Waals surface area contributed by atoms with E-state index >= 15 is 0 Å². The third-order valence-electron chi connectivity index (χ3n) is 5.03. The van der Waals surface area contributed by atoms with E-state index in [1.807, 2.05) is 6.92 Å². The highest BCUT2D eigenvalue weighted by Crippen LogP contribution is 2.21. The van der Waals surface area contributed by atoms with E-state index in [4.69, 9.17) is 0 Å². The van der Waals surface area contributed by atoms with Crippen molar-refractivity contribution in [3.63, 3.8) is 0 Å². The van der Waals surface area contributed by atoms with Gasteiger partial charge in [-0.1, -0.05) is 48.0 Å². The van der Waals surface area contributed by atoms with Crippen LogP contribution in [-0.4, -0.2) is 25.2 Å². The predicted molar refractivity (Wildman–Crippen MR) is 118 cm³/mol. The molecule has 0 unspecified atom stereocenters. The topological polar surface area (TPSA) is 66.5 Å². The minimum Gasteiger partial charge on any atom is -0.348 e. The quantitative estimate of drug-likeness (QED) is 0.546. The molecule has 0 aliphatic carbocycles. The number of hydrogen-bond donors (Lipinski definition) is 1. The number of nitrogens with one attached hydrogen (secondary N) is 1. The Morgan fingerprint density at radius 1 is 0.969 bits per heavy atom. The largest absolute Gasteiger partial charge is 0.348 e. The van der Waals surface area contributed by atoms with Crippen molar-refractivity contribution in [1.82, 2.24) is 9.62 Å². The van der Waals surface area contributed by atoms with E-state index in [0.717, 1.165) is 9.87 Å². The maximum atomic E-state index is 14.2. The summed E-state index contributed by atoms with van der Waals surface area (Å²) >= 11 is 0. The molecule has 1 amide bonds. The van der Waals surface area contributed by atoms with Crippen LogP contribution in [0.2, 0.25) is 0 Å². The van der Waals surface area contributed by atoms with E-state index in [2.05, 4.69) is 5.32 Å². The lowest BCUT2D eigenvalue weighted by molar-refractivity contribution is -0.122. The van der Waals surface area contributed by atoms with Gasteiger partial charge < -0.3 is 5.32 Å². The highest BCUT2D eigenvalue weighted by Gasteiger charge is 2.28. The average molecular weight is 459 g/mol. The molecule has 1 atom stereocenters. The van der Waals surface area contributed by atoms with Gasteiger partial charge >= 0.3 is 0 Å². The summed E-state index contributed by atoms with van der Waals surface area (Å²) in [6.45, 7) is 2.73. The van der Waals surface area contributed by atoms with Gasteiger partial charge in [-0.3, -0.25) is 4.79 Å². The molecule has 32 heavy (non-hydrogen) atoms. The number of rotatable bonds is 8. The van der Waals surface area contributed by atoms with Crippen molar-refractivity contribution in [2.75, 3.05) is 6.54 Å². The maximum absolute atomic E-state index is 14.2. The molecule has 0 saturated heterocycles. The second kappa shape index (κ2) is 10.0. The van der Waals surface area contributed by atoms with Gasteiger partial charge in [0.05, 0.1) is 17.5 Å². The fourth-order valence-corrected chi connectivity index (χ4v) is 4.56. The number of benzene rings is 3. The second-order valence-corrected chi connectivity index (χ2v) is 9.46. The Hall–Kier alpha value is -3.10. The molecule has 3 aromatic carbocycles. The van der Waals surface area contributed by atoms with E-state index in [1.165, 1.54) is 42.5 Å². The first-order chi connectivity index (χ1) is 15.2. The van der Waals surface area contributed by atoms with E-state index in [1.54, 1.807) is 37.3 Å². The molecule has 1 N–H and O–H groups in total. The SMILES string of the molecule is Cc1ccc(S(=O)(=O)N(CC(=O)N[C@H](C)c2ccc(F)cc2)Cc2ccccc2F)cc1. The monoisotopic (exact) mass is 458 g/mol. The minimum atomic E-state index is -4.08. The highest BCUT2D eigenvalue weighted by atomic mass is 32.2. The average Bonchev–Trinajstić information content (AvgIpc) is 2.75. The van der Waals surface area contributed by atoms with Gasteiger partial charge in [0.2, 0.25) is 15.9 Å². The number of sulfonamides is 1. The zero-order valence-corrected chi connectivity index (χ0v) is 18.6. The standard InChI is InChI=1S/C24H24F2N2O3S/c1-17-7-13-22(14-8-17)32(30,31)28(15-20-5-3-4-6-23(20)26)16-24(29)27-18(2)19-9-11-21(25)12-10-19/h3-14,18H,15-16H2,1-2H3,(H,27,29)/t18-/m1/s1. The number of aryl methyl sites for hydroxylation is 1. The summed E-state index contributed by atoms with van der Waals surface area (Å²) in [4.78, 5) is 12.7. The molecule has 0 aliphatic heterocycles. The van der Waals surface area contributed by atoms with Crippen LogP contribution in [0, 0.1) is 18.6 Å². The summed E-state index contributed by atoms with van der Waals surface area (Å²) in [5, 5.41) is 2.72. The molecule has 0 aliphatic rings. The minimum absolute atomic E-state index is 0.0128. The number of halogens is 2. The molecule has 8 heteroatoms. The number of carbonyl (C=O) groups excluding carboxylic acids is 1. The summed E-state index contributed by atoms with van der Waals surface area (Å²) in [7, 11) is -4.08. The van der Waals surface area contributed by atoms with Crippen LogP contribution < -0.4 is 5.32 Å². The Balaban J connectivity index is 1.84. The fourth-order valence-electron chi connectivity index (χ4n) is 3.18. The third kappa shape index (κ3) is 5.77. The van der Waals surface area contributed by atoms with Crippen LogP contribution in [0.15, 0.2) is 77.7 Å². The number of nitrogens with zero attached hydrogens (tertiary/aromatic N) is 1. The Bertz CT molecular complexity index is 1180. The van der Waals surface area contributed by atoms with Crippen LogP contribution in [0.5, 0.6) is 0 Å². The molecular weight excluding hydrogens is 434 g/mol. The van der Waals surface area contributed by atoms with Crippen molar-refractivity contribution >= 4 is 15.9 Å². The highest BCUT2D eigenvalue weighted by molar-refractivity contribution is 7.89. The normalized spacial score (nSPS) is 12.5. The van der Waals surface area contributed by atoms with Crippen LogP contribution in [0.3, 0.4) is 0 Å². The van der Waals surface area contributed by atoms with Gasteiger partial charge in [0, 0.05) is 12.1 Å². The van der Waals surface area contributed by atoms with Gasteiger partial charge in [-0.25, -0.2) is 17.2 Å². The van der Waals surface area contributed by atoms with Crippen molar-refractivity contribution in [2.45, 2.75) is 31.3 Å². The first-order valence-electron chi connectivity index (χ1n) is 10.0. The van der Waals surface area contributed by atoms with Gasteiger partial charge in [0.1, 0.15) is 11.6 Å². The Labute approximate surface area is 186 Å². The van der Waals surface area contributed by atoms with Crippen LogP contribution in [0.1, 0.15) is 29.7 Å². The number of carbonyl (C=O) groups is 1. The molecule has 0 bridgehead atoms. The summed E-state index contributed by atoms with van der Waals surface area (Å²) in [5.41, 5.74) is 1.71. The van der Waals surface area contributed by atoms with E-state index in [-0.39, 0.29) is 17.0 Å². The predicted octanol–water partition coefficient (Wildman–Crippen LogP) is 4.34. The zero-order chi connectivity index (χ0) is 23.3. The first kappa shape index (κ1) is 23.6. The molecular formula is C24H24F2N2O3S. The van der Waals surface area contributed by atoms with Gasteiger partial charge in [0.15, 0.2) is 0 Å². The first-order valence-corrected chi connectivity index (χ1v) is 11.5. The van der Waals surface area contributed by atoms with Gasteiger partial charge in [0.25, 0.3) is 0 Å². The van der Waals surface area contributed by atoms with Crippen LogP contribution in [-0.2, 0) is 21.4 Å². The van der Waals surface area contributed by atoms with Crippen molar-refractivity contribution < 1.29 is 22.0 Å². The van der Waals surface area contributed by atoms with Crippen LogP contribution >= 0.6 is 0 Å². The van der Waals surface area contributed by atoms with E-state index < -0.39 is 40.2 Å². The molecule has 0 spiro atoms. The van der Waals surface area contributed by atoms with Crippen LogP contribution in [0.4, 0.5) is 8.78 Å². The Morgan fingerprint density at radius 2 is 1.59 bits per heavy atom. The van der Waals surface area contributed by atoms with E-state index in [0.29, 0.717) is 5.56 Å². The number of amides is 1. The summed E-state index contributed by atoms with van der Waals surface area (Å²) < 4.78 is 54.9. The summed E-state index contributed by atoms with van der Waals surface area (Å²) in [6.07, 6.45) is 0. The van der Waals surface area contributed by atoms with Crippen molar-refractivity contribution in [1.29, 1.82) is 0 Å². The maximum Gasteiger partial charge on any atom is 0.243 e. The third-order valence-corrected chi connectivity index (χ3v) is 6.84. The lowest BCUT2D eigenvalue weighted by atomic mass is 10.1. The molecule has 3 aromatic rings. The van der Waals surface area contributed by atoms with E-state index in [9.17, 15) is 22.0 Å². The second-order valence-electron chi connectivity index (χ2n) is 7.52. The molecule has 168 valence electrons. The summed E-state index contributed by atoms with van der Waals surface area (Å²) in [6, 6.07) is 17.2. The lowest BCUT2D eigenvalue weighted by Crippen LogP contribution is -2.41. The van der Waals surface area contributed by atoms with Crippen molar-refractivity contribution in [3.05, 3.63) is 101 Å². The molecule has 5 nitrogen and oxygen atoms in total. The molecule has 0 radical (unpaired) electrons. The smallest absolute Gasteiger partial charge is 0.243 e. The van der Waals surface area contributed by atoms with Crippen molar-refractivity contribution in [3.8, 4) is 0 Å². The molecule has 3 rings (SSSR count). The van der Waals surface area contributed by atoms with Gasteiger partial charge in [-0.05, 0) is 49.7 Å². The Morgan fingerprint density at radius 3 is 2.22 bits per heavy atom.